The van der Waals surface area contributed by atoms with E-state index >= 15 is 0 Å². The molecule has 0 amide bonds. The first-order valence-electron chi connectivity index (χ1n) is 6.26. The topological polar surface area (TPSA) is 0 Å². The van der Waals surface area contributed by atoms with Gasteiger partial charge in [0.15, 0.2) is 0 Å². The molecule has 0 atom stereocenters. The third kappa shape index (κ3) is 2.10. The zero-order valence-corrected chi connectivity index (χ0v) is 9.23. The maximum atomic E-state index is 3.97. The molecule has 0 bridgehead atoms. The van der Waals surface area contributed by atoms with Crippen LogP contribution in [0.25, 0.3) is 0 Å². The fraction of sp³-hybridized carbons (Fsp3) is 0.714. The Bertz CT molecular complexity index is 228. The van der Waals surface area contributed by atoms with Gasteiger partial charge in [0.2, 0.25) is 0 Å². The normalized spacial score (nSPS) is 25.1. The van der Waals surface area contributed by atoms with Crippen LogP contribution in [0.4, 0.5) is 0 Å². The Labute approximate surface area is 88.1 Å². The van der Waals surface area contributed by atoms with Crippen LogP contribution < -0.4 is 0 Å². The smallest absolute Gasteiger partial charge is 0.0197 e. The van der Waals surface area contributed by atoms with Crippen molar-refractivity contribution in [2.24, 2.45) is 5.92 Å². The van der Waals surface area contributed by atoms with Gasteiger partial charge in [0.05, 0.1) is 0 Å². The van der Waals surface area contributed by atoms with Crippen molar-refractivity contribution in [1.29, 1.82) is 0 Å². The van der Waals surface area contributed by atoms with E-state index in [1.807, 2.05) is 0 Å². The van der Waals surface area contributed by atoms with Gasteiger partial charge >= 0.3 is 0 Å². The van der Waals surface area contributed by atoms with E-state index in [4.69, 9.17) is 0 Å². The van der Waals surface area contributed by atoms with Crippen molar-refractivity contribution in [3.05, 3.63) is 23.8 Å². The van der Waals surface area contributed by atoms with E-state index in [1.54, 1.807) is 11.1 Å². The highest BCUT2D eigenvalue weighted by molar-refractivity contribution is 5.28. The molecule has 14 heavy (non-hydrogen) atoms. The lowest BCUT2D eigenvalue weighted by molar-refractivity contribution is 0.385. The summed E-state index contributed by atoms with van der Waals surface area (Å²) in [5.41, 5.74) is 3.38. The molecule has 0 aromatic rings. The van der Waals surface area contributed by atoms with Gasteiger partial charge in [-0.25, -0.2) is 0 Å². The molecule has 0 aliphatic heterocycles. The van der Waals surface area contributed by atoms with E-state index in [-0.39, 0.29) is 0 Å². The molecule has 2 rings (SSSR count). The minimum Gasteiger partial charge on any atom is -0.0988 e. The van der Waals surface area contributed by atoms with Gasteiger partial charge in [0.25, 0.3) is 0 Å². The van der Waals surface area contributed by atoms with Crippen LogP contribution in [0.2, 0.25) is 0 Å². The molecule has 0 N–H and O–H groups in total. The van der Waals surface area contributed by atoms with E-state index in [1.165, 1.54) is 57.8 Å². The van der Waals surface area contributed by atoms with Crippen LogP contribution in [0, 0.1) is 5.92 Å². The first-order valence-corrected chi connectivity index (χ1v) is 6.26. The van der Waals surface area contributed by atoms with Crippen molar-refractivity contribution in [3.8, 4) is 0 Å². The molecule has 2 aliphatic rings. The monoisotopic (exact) mass is 190 g/mol. The molecule has 2 aliphatic carbocycles. The van der Waals surface area contributed by atoms with Crippen LogP contribution in [0.15, 0.2) is 23.8 Å². The molecular formula is C14H22. The minimum atomic E-state index is 0.928. The molecule has 0 aromatic carbocycles. The average molecular weight is 190 g/mol. The standard InChI is InChI=1S/C14H22/c1-2-12-8-6-7-11-14(12)13-9-4-3-5-10-13/h2,13H,1,3-11H2. The van der Waals surface area contributed by atoms with E-state index in [2.05, 4.69) is 12.7 Å². The van der Waals surface area contributed by atoms with Crippen LogP contribution in [0.5, 0.6) is 0 Å². The summed E-state index contributed by atoms with van der Waals surface area (Å²) < 4.78 is 0. The largest absolute Gasteiger partial charge is 0.0988 e. The lowest BCUT2D eigenvalue weighted by Crippen LogP contribution is -2.13. The Morgan fingerprint density at radius 1 is 0.929 bits per heavy atom. The second-order valence-electron chi connectivity index (χ2n) is 4.80. The van der Waals surface area contributed by atoms with Gasteiger partial charge in [-0.1, -0.05) is 37.5 Å². The average Bonchev–Trinajstić information content (AvgIpc) is 2.30. The van der Waals surface area contributed by atoms with Crippen molar-refractivity contribution in [3.63, 3.8) is 0 Å². The summed E-state index contributed by atoms with van der Waals surface area (Å²) in [5.74, 6) is 0.928. The summed E-state index contributed by atoms with van der Waals surface area (Å²) in [6.45, 7) is 3.97. The predicted octanol–water partition coefficient (Wildman–Crippen LogP) is 4.62. The Balaban J connectivity index is 2.11. The molecule has 0 spiro atoms. The van der Waals surface area contributed by atoms with Crippen molar-refractivity contribution in [1.82, 2.24) is 0 Å². The predicted molar refractivity (Wildman–Crippen MR) is 62.3 cm³/mol. The third-order valence-electron chi connectivity index (χ3n) is 3.90. The summed E-state index contributed by atoms with van der Waals surface area (Å²) in [6, 6.07) is 0. The van der Waals surface area contributed by atoms with Gasteiger partial charge in [-0.2, -0.15) is 0 Å². The number of rotatable bonds is 2. The highest BCUT2D eigenvalue weighted by atomic mass is 14.3. The number of hydrogen-bond acceptors (Lipinski definition) is 0. The van der Waals surface area contributed by atoms with Gasteiger partial charge in [0, 0.05) is 0 Å². The Hall–Kier alpha value is -0.520. The number of allylic oxidation sites excluding steroid dienone is 3. The second kappa shape index (κ2) is 4.82. The highest BCUT2D eigenvalue weighted by Gasteiger charge is 2.21. The fourth-order valence-electron chi connectivity index (χ4n) is 3.10. The first kappa shape index (κ1) is 10.0. The first-order chi connectivity index (χ1) is 6.92. The minimum absolute atomic E-state index is 0.928. The maximum absolute atomic E-state index is 3.97. The van der Waals surface area contributed by atoms with Crippen molar-refractivity contribution < 1.29 is 0 Å². The van der Waals surface area contributed by atoms with Gasteiger partial charge < -0.3 is 0 Å². The summed E-state index contributed by atoms with van der Waals surface area (Å²) in [5, 5.41) is 0. The molecule has 1 saturated carbocycles. The van der Waals surface area contributed by atoms with Crippen molar-refractivity contribution in [2.75, 3.05) is 0 Å². The van der Waals surface area contributed by atoms with Gasteiger partial charge in [0.1, 0.15) is 0 Å². The van der Waals surface area contributed by atoms with E-state index < -0.39 is 0 Å². The zero-order chi connectivity index (χ0) is 9.80. The quantitative estimate of drug-likeness (QED) is 0.596. The summed E-state index contributed by atoms with van der Waals surface area (Å²) in [6.07, 6.45) is 14.9. The van der Waals surface area contributed by atoms with Gasteiger partial charge in [-0.15, -0.1) is 0 Å². The van der Waals surface area contributed by atoms with Crippen LogP contribution in [0.1, 0.15) is 57.8 Å². The molecule has 0 heteroatoms. The molecule has 0 radical (unpaired) electrons. The molecule has 78 valence electrons. The van der Waals surface area contributed by atoms with Crippen LogP contribution in [-0.2, 0) is 0 Å². The van der Waals surface area contributed by atoms with Crippen LogP contribution >= 0.6 is 0 Å². The van der Waals surface area contributed by atoms with E-state index in [0.717, 1.165) is 5.92 Å². The van der Waals surface area contributed by atoms with Gasteiger partial charge in [-0.3, -0.25) is 0 Å². The molecule has 0 heterocycles. The summed E-state index contributed by atoms with van der Waals surface area (Å²) >= 11 is 0. The zero-order valence-electron chi connectivity index (χ0n) is 9.23. The fourth-order valence-corrected chi connectivity index (χ4v) is 3.10. The molecule has 0 saturated heterocycles. The second-order valence-corrected chi connectivity index (χ2v) is 4.80. The Morgan fingerprint density at radius 2 is 1.64 bits per heavy atom. The van der Waals surface area contributed by atoms with Gasteiger partial charge in [-0.05, 0) is 50.0 Å². The molecule has 0 nitrogen and oxygen atoms in total. The van der Waals surface area contributed by atoms with E-state index in [9.17, 15) is 0 Å². The maximum Gasteiger partial charge on any atom is -0.0197 e. The van der Waals surface area contributed by atoms with Crippen LogP contribution in [0.3, 0.4) is 0 Å². The third-order valence-corrected chi connectivity index (χ3v) is 3.90. The van der Waals surface area contributed by atoms with Crippen molar-refractivity contribution in [2.45, 2.75) is 57.8 Å². The summed E-state index contributed by atoms with van der Waals surface area (Å²) in [7, 11) is 0. The lowest BCUT2D eigenvalue weighted by Gasteiger charge is -2.29. The Morgan fingerprint density at radius 3 is 2.36 bits per heavy atom. The number of hydrogen-bond donors (Lipinski definition) is 0. The Kier molecular flexibility index (Phi) is 3.44. The van der Waals surface area contributed by atoms with Crippen LogP contribution in [-0.4, -0.2) is 0 Å². The lowest BCUT2D eigenvalue weighted by atomic mass is 9.77. The SMILES string of the molecule is C=CC1=C(C2CCCCC2)CCCC1. The molecule has 0 aromatic heterocycles. The summed E-state index contributed by atoms with van der Waals surface area (Å²) in [4.78, 5) is 0. The molecule has 1 fully saturated rings. The van der Waals surface area contributed by atoms with Crippen molar-refractivity contribution >= 4 is 0 Å². The van der Waals surface area contributed by atoms with E-state index in [0.29, 0.717) is 0 Å². The molecular weight excluding hydrogens is 168 g/mol. The molecule has 0 unspecified atom stereocenters. The highest BCUT2D eigenvalue weighted by Crippen LogP contribution is 2.37.